The van der Waals surface area contributed by atoms with Gasteiger partial charge in [-0.05, 0) is 49.7 Å². The molecule has 3 unspecified atom stereocenters. The smallest absolute Gasteiger partial charge is 0.0931 e. The van der Waals surface area contributed by atoms with Crippen molar-refractivity contribution in [2.75, 3.05) is 6.61 Å². The third-order valence-electron chi connectivity index (χ3n) is 4.57. The van der Waals surface area contributed by atoms with Gasteiger partial charge < -0.3 is 5.11 Å². The Hall–Kier alpha value is -0.0500. The Morgan fingerprint density at radius 2 is 2.31 bits per heavy atom. The molecule has 88 valence electrons. The predicted molar refractivity (Wildman–Crippen MR) is 68.0 cm³/mol. The molecule has 1 nitrogen and oxygen atoms in total. The second-order valence-electron chi connectivity index (χ2n) is 5.48. The molecule has 1 aromatic heterocycles. The van der Waals surface area contributed by atoms with E-state index in [1.807, 2.05) is 6.07 Å². The summed E-state index contributed by atoms with van der Waals surface area (Å²) in [7, 11) is 0. The molecule has 2 aliphatic carbocycles. The van der Waals surface area contributed by atoms with Crippen molar-refractivity contribution in [1.29, 1.82) is 0 Å². The summed E-state index contributed by atoms with van der Waals surface area (Å²) in [5.74, 6) is 1.64. The zero-order chi connectivity index (χ0) is 11.2. The van der Waals surface area contributed by atoms with Gasteiger partial charge in [-0.15, -0.1) is 11.3 Å². The van der Waals surface area contributed by atoms with Crippen LogP contribution < -0.4 is 0 Å². The molecular weight excluding hydrogens is 240 g/mol. The van der Waals surface area contributed by atoms with E-state index in [1.165, 1.54) is 30.6 Å². The number of aliphatic hydroxyl groups excluding tert-OH is 1. The van der Waals surface area contributed by atoms with Crippen molar-refractivity contribution < 1.29 is 5.11 Å². The molecule has 0 aliphatic heterocycles. The normalized spacial score (nSPS) is 37.1. The van der Waals surface area contributed by atoms with E-state index in [2.05, 4.69) is 6.07 Å². The van der Waals surface area contributed by atoms with Gasteiger partial charge in [0.2, 0.25) is 0 Å². The molecule has 0 spiro atoms. The molecule has 2 saturated carbocycles. The first-order valence-electron chi connectivity index (χ1n) is 6.07. The molecule has 2 aliphatic rings. The summed E-state index contributed by atoms with van der Waals surface area (Å²) in [5.41, 5.74) is 0.178. The van der Waals surface area contributed by atoms with Gasteiger partial charge >= 0.3 is 0 Å². The van der Waals surface area contributed by atoms with Crippen molar-refractivity contribution in [3.63, 3.8) is 0 Å². The maximum atomic E-state index is 9.78. The van der Waals surface area contributed by atoms with Gasteiger partial charge in [-0.1, -0.05) is 18.0 Å². The molecule has 1 heterocycles. The summed E-state index contributed by atoms with van der Waals surface area (Å²) in [6.45, 7) is 0.351. The van der Waals surface area contributed by atoms with Crippen molar-refractivity contribution >= 4 is 22.9 Å². The largest absolute Gasteiger partial charge is 0.396 e. The lowest BCUT2D eigenvalue weighted by atomic mass is 9.71. The highest BCUT2D eigenvalue weighted by atomic mass is 35.5. The lowest BCUT2D eigenvalue weighted by molar-refractivity contribution is 0.0659. The highest BCUT2D eigenvalue weighted by Gasteiger charge is 2.50. The van der Waals surface area contributed by atoms with Crippen LogP contribution >= 0.6 is 22.9 Å². The van der Waals surface area contributed by atoms with Gasteiger partial charge in [-0.3, -0.25) is 0 Å². The second kappa shape index (κ2) is 4.01. The topological polar surface area (TPSA) is 20.2 Å². The fourth-order valence-corrected chi connectivity index (χ4v) is 5.06. The van der Waals surface area contributed by atoms with Crippen LogP contribution in [0.1, 0.15) is 30.6 Å². The minimum Gasteiger partial charge on any atom is -0.396 e. The summed E-state index contributed by atoms with van der Waals surface area (Å²) in [4.78, 5) is 1.34. The minimum absolute atomic E-state index is 0.178. The SMILES string of the molecule is OCC1(Cc2ccc(Cl)s2)CC2CCC1C2. The van der Waals surface area contributed by atoms with E-state index in [-0.39, 0.29) is 5.41 Å². The van der Waals surface area contributed by atoms with Gasteiger partial charge in [0.05, 0.1) is 4.34 Å². The molecule has 0 amide bonds. The Labute approximate surface area is 105 Å². The zero-order valence-corrected chi connectivity index (χ0v) is 10.9. The predicted octanol–water partition coefficient (Wildman–Crippen LogP) is 3.74. The van der Waals surface area contributed by atoms with E-state index in [0.717, 1.165) is 22.6 Å². The Bertz CT molecular complexity index is 389. The van der Waals surface area contributed by atoms with Gasteiger partial charge in [0.25, 0.3) is 0 Å². The van der Waals surface area contributed by atoms with Gasteiger partial charge in [-0.25, -0.2) is 0 Å². The Balaban J connectivity index is 1.81. The lowest BCUT2D eigenvalue weighted by Gasteiger charge is -2.35. The average Bonchev–Trinajstić information content (AvgIpc) is 2.94. The number of thiophene rings is 1. The van der Waals surface area contributed by atoms with Crippen LogP contribution in [-0.4, -0.2) is 11.7 Å². The number of fused-ring (bicyclic) bond motifs is 2. The summed E-state index contributed by atoms with van der Waals surface area (Å²) >= 11 is 7.64. The van der Waals surface area contributed by atoms with Crippen LogP contribution in [0.25, 0.3) is 0 Å². The molecule has 16 heavy (non-hydrogen) atoms. The molecule has 3 rings (SSSR count). The standard InChI is InChI=1S/C13H17ClOS/c14-12-4-3-11(16-12)7-13(8-15)6-9-1-2-10(13)5-9/h3-4,9-10,15H,1-2,5-8H2. The summed E-state index contributed by atoms with van der Waals surface area (Å²) in [6.07, 6.45) is 6.31. The van der Waals surface area contributed by atoms with Crippen molar-refractivity contribution in [1.82, 2.24) is 0 Å². The van der Waals surface area contributed by atoms with Crippen LogP contribution in [-0.2, 0) is 6.42 Å². The molecule has 3 atom stereocenters. The molecular formula is C13H17ClOS. The first-order chi connectivity index (χ1) is 7.72. The number of halogens is 1. The van der Waals surface area contributed by atoms with E-state index in [9.17, 15) is 5.11 Å². The van der Waals surface area contributed by atoms with Crippen molar-refractivity contribution in [3.05, 3.63) is 21.3 Å². The monoisotopic (exact) mass is 256 g/mol. The average molecular weight is 257 g/mol. The van der Waals surface area contributed by atoms with E-state index < -0.39 is 0 Å². The highest BCUT2D eigenvalue weighted by Crippen LogP contribution is 2.57. The minimum atomic E-state index is 0.178. The van der Waals surface area contributed by atoms with E-state index in [4.69, 9.17) is 11.6 Å². The lowest BCUT2D eigenvalue weighted by Crippen LogP contribution is -2.33. The third kappa shape index (κ3) is 1.71. The van der Waals surface area contributed by atoms with Crippen LogP contribution in [0.15, 0.2) is 12.1 Å². The quantitative estimate of drug-likeness (QED) is 0.874. The van der Waals surface area contributed by atoms with Gasteiger partial charge in [0.1, 0.15) is 0 Å². The molecule has 0 aromatic carbocycles. The fourth-order valence-electron chi connectivity index (χ4n) is 3.82. The number of hydrogen-bond donors (Lipinski definition) is 1. The number of rotatable bonds is 3. The van der Waals surface area contributed by atoms with Crippen molar-refractivity contribution in [2.24, 2.45) is 17.3 Å². The van der Waals surface area contributed by atoms with Crippen molar-refractivity contribution in [2.45, 2.75) is 32.1 Å². The second-order valence-corrected chi connectivity index (χ2v) is 7.28. The Kier molecular flexibility index (Phi) is 2.77. The highest BCUT2D eigenvalue weighted by molar-refractivity contribution is 7.16. The van der Waals surface area contributed by atoms with Crippen molar-refractivity contribution in [3.8, 4) is 0 Å². The molecule has 1 aromatic rings. The molecule has 3 heteroatoms. The number of hydrogen-bond acceptors (Lipinski definition) is 2. The fraction of sp³-hybridized carbons (Fsp3) is 0.692. The first-order valence-corrected chi connectivity index (χ1v) is 7.26. The van der Waals surface area contributed by atoms with Crippen LogP contribution in [0.5, 0.6) is 0 Å². The van der Waals surface area contributed by atoms with Crippen LogP contribution in [0.2, 0.25) is 4.34 Å². The van der Waals surface area contributed by atoms with E-state index in [0.29, 0.717) is 6.61 Å². The maximum absolute atomic E-state index is 9.78. The summed E-state index contributed by atoms with van der Waals surface area (Å²) < 4.78 is 0.867. The van der Waals surface area contributed by atoms with E-state index >= 15 is 0 Å². The van der Waals surface area contributed by atoms with Crippen LogP contribution in [0, 0.1) is 17.3 Å². The molecule has 0 saturated heterocycles. The summed E-state index contributed by atoms with van der Waals surface area (Å²) in [5, 5.41) is 9.78. The zero-order valence-electron chi connectivity index (χ0n) is 9.29. The Morgan fingerprint density at radius 1 is 1.44 bits per heavy atom. The van der Waals surface area contributed by atoms with Gasteiger partial charge in [-0.2, -0.15) is 0 Å². The van der Waals surface area contributed by atoms with Gasteiger partial charge in [0, 0.05) is 16.9 Å². The van der Waals surface area contributed by atoms with Crippen LogP contribution in [0.3, 0.4) is 0 Å². The molecule has 0 radical (unpaired) electrons. The van der Waals surface area contributed by atoms with Crippen LogP contribution in [0.4, 0.5) is 0 Å². The summed E-state index contributed by atoms with van der Waals surface area (Å²) in [6, 6.07) is 4.09. The van der Waals surface area contributed by atoms with E-state index in [1.54, 1.807) is 11.3 Å². The molecule has 2 fully saturated rings. The third-order valence-corrected chi connectivity index (χ3v) is 5.80. The molecule has 2 bridgehead atoms. The number of aliphatic hydroxyl groups is 1. The Morgan fingerprint density at radius 3 is 2.81 bits per heavy atom. The maximum Gasteiger partial charge on any atom is 0.0931 e. The van der Waals surface area contributed by atoms with Gasteiger partial charge in [0.15, 0.2) is 0 Å². The molecule has 1 N–H and O–H groups in total. The first kappa shape index (κ1) is 11.1.